The molecule has 0 bridgehead atoms. The van der Waals surface area contributed by atoms with Gasteiger partial charge in [0.25, 0.3) is 0 Å². The molecule has 1 amide bonds. The van der Waals surface area contributed by atoms with Crippen LogP contribution in [0.25, 0.3) is 0 Å². The maximum Gasteiger partial charge on any atom is 0.407 e. The van der Waals surface area contributed by atoms with Crippen molar-refractivity contribution < 1.29 is 28.6 Å². The van der Waals surface area contributed by atoms with Crippen molar-refractivity contribution in [3.8, 4) is 5.75 Å². The van der Waals surface area contributed by atoms with E-state index >= 15 is 0 Å². The van der Waals surface area contributed by atoms with Gasteiger partial charge in [-0.05, 0) is 43.5 Å². The van der Waals surface area contributed by atoms with Crippen LogP contribution >= 0.6 is 0 Å². The Kier molecular flexibility index (Phi) is 11.4. The molecular weight excluding hydrogens is 362 g/mol. The van der Waals surface area contributed by atoms with Crippen LogP contribution in [-0.4, -0.2) is 44.2 Å². The number of carbonyl (C=O) groups is 3. The Hall–Kier alpha value is -2.57. The van der Waals surface area contributed by atoms with Crippen LogP contribution in [0, 0.1) is 0 Å². The number of amides is 1. The molecule has 0 aliphatic heterocycles. The van der Waals surface area contributed by atoms with Gasteiger partial charge in [0.15, 0.2) is 5.78 Å². The number of benzene rings is 1. The highest BCUT2D eigenvalue weighted by Gasteiger charge is 2.23. The minimum absolute atomic E-state index is 0.0883. The third-order valence-electron chi connectivity index (χ3n) is 4.11. The van der Waals surface area contributed by atoms with Crippen molar-refractivity contribution >= 4 is 17.8 Å². The number of rotatable bonds is 13. The zero-order valence-electron chi connectivity index (χ0n) is 17.0. The molecule has 0 fully saturated rings. The number of methoxy groups -OCH3 is 1. The first kappa shape index (κ1) is 23.5. The smallest absolute Gasteiger partial charge is 0.407 e. The number of nitrogens with one attached hydrogen (secondary N) is 1. The van der Waals surface area contributed by atoms with Crippen LogP contribution in [0.2, 0.25) is 0 Å². The Labute approximate surface area is 166 Å². The Bertz CT molecular complexity index is 614. The molecule has 0 saturated carbocycles. The van der Waals surface area contributed by atoms with Gasteiger partial charge in [0, 0.05) is 12.0 Å². The van der Waals surface area contributed by atoms with Crippen molar-refractivity contribution in [1.82, 2.24) is 5.32 Å². The predicted molar refractivity (Wildman–Crippen MR) is 106 cm³/mol. The first-order valence-corrected chi connectivity index (χ1v) is 9.79. The molecule has 0 aliphatic carbocycles. The fraction of sp³-hybridized carbons (Fsp3) is 0.571. The molecule has 156 valence electrons. The van der Waals surface area contributed by atoms with Crippen LogP contribution in [0.4, 0.5) is 4.79 Å². The number of ketones is 1. The van der Waals surface area contributed by atoms with Crippen LogP contribution in [0.3, 0.4) is 0 Å². The van der Waals surface area contributed by atoms with Crippen molar-refractivity contribution in [3.05, 3.63) is 29.8 Å². The summed E-state index contributed by atoms with van der Waals surface area (Å²) in [5.74, 6) is -0.0241. The van der Waals surface area contributed by atoms with Crippen molar-refractivity contribution in [2.75, 3.05) is 20.3 Å². The van der Waals surface area contributed by atoms with E-state index in [-0.39, 0.29) is 25.2 Å². The van der Waals surface area contributed by atoms with Gasteiger partial charge in [-0.25, -0.2) is 9.59 Å². The van der Waals surface area contributed by atoms with E-state index in [0.717, 1.165) is 25.7 Å². The molecule has 1 aromatic carbocycles. The van der Waals surface area contributed by atoms with Gasteiger partial charge in [-0.3, -0.25) is 4.79 Å². The molecule has 0 aromatic heterocycles. The minimum atomic E-state index is -0.931. The lowest BCUT2D eigenvalue weighted by atomic mass is 10.0. The molecule has 0 radical (unpaired) electrons. The minimum Gasteiger partial charge on any atom is -0.494 e. The molecule has 0 unspecified atom stereocenters. The quantitative estimate of drug-likeness (QED) is 0.310. The van der Waals surface area contributed by atoms with Gasteiger partial charge >= 0.3 is 12.1 Å². The van der Waals surface area contributed by atoms with Gasteiger partial charge in [-0.1, -0.05) is 26.7 Å². The monoisotopic (exact) mass is 393 g/mol. The Morgan fingerprint density at radius 1 is 1.00 bits per heavy atom. The van der Waals surface area contributed by atoms with E-state index in [4.69, 9.17) is 14.2 Å². The molecule has 1 atom stereocenters. The number of hydrogen-bond acceptors (Lipinski definition) is 6. The second-order valence-corrected chi connectivity index (χ2v) is 6.40. The molecule has 0 heterocycles. The first-order valence-electron chi connectivity index (χ1n) is 9.79. The second kappa shape index (κ2) is 13.6. The van der Waals surface area contributed by atoms with Crippen LogP contribution in [0.5, 0.6) is 5.75 Å². The molecule has 1 aromatic rings. The summed E-state index contributed by atoms with van der Waals surface area (Å²) >= 11 is 0. The normalized spacial score (nSPS) is 11.4. The number of esters is 1. The fourth-order valence-electron chi connectivity index (χ4n) is 2.38. The molecule has 1 N–H and O–H groups in total. The molecule has 0 spiro atoms. The SMILES string of the molecule is CCCCOC(=O)N[C@@H](CCC(=O)c1ccc(OCCCC)cc1)C(=O)OC. The third-order valence-corrected chi connectivity index (χ3v) is 4.11. The lowest BCUT2D eigenvalue weighted by molar-refractivity contribution is -0.143. The van der Waals surface area contributed by atoms with Crippen molar-refractivity contribution in [1.29, 1.82) is 0 Å². The highest BCUT2D eigenvalue weighted by molar-refractivity contribution is 5.96. The maximum absolute atomic E-state index is 12.4. The number of unbranched alkanes of at least 4 members (excludes halogenated alkanes) is 2. The van der Waals surface area contributed by atoms with E-state index in [2.05, 4.69) is 12.2 Å². The maximum atomic E-state index is 12.4. The number of carbonyl (C=O) groups excluding carboxylic acids is 3. The third kappa shape index (κ3) is 8.88. The molecule has 28 heavy (non-hydrogen) atoms. The van der Waals surface area contributed by atoms with Crippen LogP contribution in [-0.2, 0) is 14.3 Å². The molecule has 0 saturated heterocycles. The highest BCUT2D eigenvalue weighted by Crippen LogP contribution is 2.15. The lowest BCUT2D eigenvalue weighted by Crippen LogP contribution is -2.42. The summed E-state index contributed by atoms with van der Waals surface area (Å²) < 4.78 is 15.3. The predicted octanol–water partition coefficient (Wildman–Crippen LogP) is 3.90. The van der Waals surface area contributed by atoms with E-state index in [1.165, 1.54) is 7.11 Å². The van der Waals surface area contributed by atoms with E-state index < -0.39 is 18.1 Å². The highest BCUT2D eigenvalue weighted by atomic mass is 16.6. The molecule has 0 aliphatic rings. The van der Waals surface area contributed by atoms with Gasteiger partial charge in [-0.2, -0.15) is 0 Å². The van der Waals surface area contributed by atoms with E-state index in [1.54, 1.807) is 24.3 Å². The van der Waals surface area contributed by atoms with Crippen LogP contribution in [0.15, 0.2) is 24.3 Å². The van der Waals surface area contributed by atoms with Crippen molar-refractivity contribution in [3.63, 3.8) is 0 Å². The van der Waals surface area contributed by atoms with Crippen molar-refractivity contribution in [2.24, 2.45) is 0 Å². The fourth-order valence-corrected chi connectivity index (χ4v) is 2.38. The Balaban J connectivity index is 2.55. The Morgan fingerprint density at radius 3 is 2.25 bits per heavy atom. The second-order valence-electron chi connectivity index (χ2n) is 6.40. The number of Topliss-reactive ketones (excluding diaryl/α,β-unsaturated/α-hetero) is 1. The summed E-state index contributed by atoms with van der Waals surface area (Å²) in [4.78, 5) is 36.0. The topological polar surface area (TPSA) is 90.9 Å². The zero-order valence-corrected chi connectivity index (χ0v) is 17.0. The number of ether oxygens (including phenoxy) is 3. The molecule has 7 nitrogen and oxygen atoms in total. The van der Waals surface area contributed by atoms with Gasteiger partial charge < -0.3 is 19.5 Å². The standard InChI is InChI=1S/C21H31NO6/c1-4-6-14-27-17-10-8-16(9-11-17)19(23)13-12-18(20(24)26-3)22-21(25)28-15-7-5-2/h8-11,18H,4-7,12-15H2,1-3H3,(H,22,25)/t18-/m0/s1. The van der Waals surface area contributed by atoms with Gasteiger partial charge in [-0.15, -0.1) is 0 Å². The number of hydrogen-bond donors (Lipinski definition) is 1. The first-order chi connectivity index (χ1) is 13.5. The van der Waals surface area contributed by atoms with Gasteiger partial charge in [0.05, 0.1) is 20.3 Å². The summed E-state index contributed by atoms with van der Waals surface area (Å²) in [6.45, 7) is 4.99. The average molecular weight is 393 g/mol. The van der Waals surface area contributed by atoms with Crippen LogP contribution < -0.4 is 10.1 Å². The summed E-state index contributed by atoms with van der Waals surface area (Å²) in [6.07, 6.45) is 3.19. The largest absolute Gasteiger partial charge is 0.494 e. The van der Waals surface area contributed by atoms with Gasteiger partial charge in [0.1, 0.15) is 11.8 Å². The molecule has 1 rings (SSSR count). The van der Waals surface area contributed by atoms with E-state index in [9.17, 15) is 14.4 Å². The summed E-state index contributed by atoms with van der Waals surface area (Å²) in [7, 11) is 1.23. The zero-order chi connectivity index (χ0) is 20.8. The van der Waals surface area contributed by atoms with E-state index in [1.807, 2.05) is 6.92 Å². The summed E-state index contributed by atoms with van der Waals surface area (Å²) in [6, 6.07) is 5.97. The number of alkyl carbamates (subject to hydrolysis) is 1. The molecule has 7 heteroatoms. The van der Waals surface area contributed by atoms with Crippen molar-refractivity contribution in [2.45, 2.75) is 58.4 Å². The molecular formula is C21H31NO6. The lowest BCUT2D eigenvalue weighted by Gasteiger charge is -2.16. The summed E-state index contributed by atoms with van der Waals surface area (Å²) in [5, 5.41) is 2.46. The Morgan fingerprint density at radius 2 is 1.64 bits per heavy atom. The van der Waals surface area contributed by atoms with Crippen LogP contribution in [0.1, 0.15) is 62.7 Å². The van der Waals surface area contributed by atoms with E-state index in [0.29, 0.717) is 17.9 Å². The summed E-state index contributed by atoms with van der Waals surface area (Å²) in [5.41, 5.74) is 0.525. The van der Waals surface area contributed by atoms with Gasteiger partial charge in [0.2, 0.25) is 0 Å². The average Bonchev–Trinajstić information content (AvgIpc) is 2.71.